The Morgan fingerprint density at radius 2 is 1.96 bits per heavy atom. The molecule has 0 spiro atoms. The van der Waals surface area contributed by atoms with Crippen molar-refractivity contribution in [2.24, 2.45) is 5.10 Å². The molecule has 25 heavy (non-hydrogen) atoms. The minimum atomic E-state index is -1.66. The monoisotopic (exact) mass is 353 g/mol. The van der Waals surface area contributed by atoms with Gasteiger partial charge in [-0.3, -0.25) is 14.8 Å². The van der Waals surface area contributed by atoms with E-state index in [1.54, 1.807) is 12.1 Å². The summed E-state index contributed by atoms with van der Waals surface area (Å²) in [6, 6.07) is 6.12. The molecular weight excluding hydrogens is 334 g/mol. The number of nitrogens with zero attached hydrogens (tertiary/aromatic N) is 1. The van der Waals surface area contributed by atoms with E-state index in [1.807, 2.05) is 0 Å². The van der Waals surface area contributed by atoms with Crippen molar-refractivity contribution >= 4 is 24.1 Å². The first-order valence-electron chi connectivity index (χ1n) is 7.09. The number of carbonyl (C=O) groups is 2. The van der Waals surface area contributed by atoms with Crippen LogP contribution in [0.5, 0.6) is 0 Å². The summed E-state index contributed by atoms with van der Waals surface area (Å²) in [6.45, 7) is -0.743. The molecule has 0 bridgehead atoms. The molecule has 10 nitrogen and oxygen atoms in total. The fraction of sp³-hybridized carbons (Fsp3) is 0.267. The number of hydrazone groups is 1. The number of benzene rings is 1. The molecule has 0 radical (unpaired) electrons. The van der Waals surface area contributed by atoms with Gasteiger partial charge < -0.3 is 20.4 Å². The minimum absolute atomic E-state index is 0.203. The molecule has 0 aliphatic carbocycles. The smallest absolute Gasteiger partial charge is 0.271 e. The number of amides is 2. The minimum Gasteiger partial charge on any atom is -0.394 e. The molecule has 0 saturated carbocycles. The van der Waals surface area contributed by atoms with Crippen molar-refractivity contribution in [3.05, 3.63) is 41.5 Å². The van der Waals surface area contributed by atoms with E-state index in [0.717, 1.165) is 12.3 Å². The number of hydroxylamine groups is 1. The van der Waals surface area contributed by atoms with Crippen LogP contribution in [-0.2, 0) is 4.79 Å². The molecule has 0 fully saturated rings. The Hall–Kier alpha value is -2.63. The first kappa shape index (κ1) is 20.4. The summed E-state index contributed by atoms with van der Waals surface area (Å²) in [5.74, 6) is -1.35. The molecule has 10 heteroatoms. The quantitative estimate of drug-likeness (QED) is 0.122. The number of hydrogen-bond acceptors (Lipinski definition) is 8. The Morgan fingerprint density at radius 3 is 2.60 bits per heavy atom. The van der Waals surface area contributed by atoms with E-state index in [-0.39, 0.29) is 5.56 Å². The molecule has 3 atom stereocenters. The van der Waals surface area contributed by atoms with Gasteiger partial charge in [0.1, 0.15) is 18.3 Å². The molecule has 0 saturated heterocycles. The second-order valence-electron chi connectivity index (χ2n) is 4.89. The van der Waals surface area contributed by atoms with Gasteiger partial charge >= 0.3 is 0 Å². The number of aliphatic hydroxyl groups excluding tert-OH is 4. The standard InChI is InChI=1S/C15H19N3O7/c19-8-12(21)14(23)11(20)7-16-17-15(24)10-3-1-2-9(6-10)4-5-13(22)18-25/h1-7,11-12,14,19-21,23,25H,8H2,(H,17,24)(H,18,22)/b5-4+,16-7+/t11-,12+,14+/m0/s1. The summed E-state index contributed by atoms with van der Waals surface area (Å²) in [5, 5.41) is 48.6. The molecule has 1 aromatic rings. The van der Waals surface area contributed by atoms with Gasteiger partial charge in [0.15, 0.2) is 0 Å². The molecule has 0 aromatic heterocycles. The molecule has 0 heterocycles. The highest BCUT2D eigenvalue weighted by molar-refractivity contribution is 5.95. The van der Waals surface area contributed by atoms with Crippen molar-refractivity contribution < 1.29 is 35.2 Å². The Balaban J connectivity index is 2.67. The molecule has 0 aliphatic rings. The summed E-state index contributed by atoms with van der Waals surface area (Å²) in [5.41, 5.74) is 4.27. The molecule has 0 aliphatic heterocycles. The largest absolute Gasteiger partial charge is 0.394 e. The van der Waals surface area contributed by atoms with E-state index in [0.29, 0.717) is 5.56 Å². The zero-order valence-corrected chi connectivity index (χ0v) is 13.0. The zero-order valence-electron chi connectivity index (χ0n) is 13.0. The van der Waals surface area contributed by atoms with Crippen molar-refractivity contribution in [2.45, 2.75) is 18.3 Å². The van der Waals surface area contributed by atoms with Crippen LogP contribution in [0.25, 0.3) is 6.08 Å². The lowest BCUT2D eigenvalue weighted by Gasteiger charge is -2.17. The first-order chi connectivity index (χ1) is 11.9. The third kappa shape index (κ3) is 6.79. The van der Waals surface area contributed by atoms with Crippen molar-refractivity contribution in [1.29, 1.82) is 0 Å². The van der Waals surface area contributed by atoms with Crippen molar-refractivity contribution in [1.82, 2.24) is 10.9 Å². The number of aliphatic hydroxyl groups is 4. The predicted octanol–water partition coefficient (Wildman–Crippen LogP) is -2.00. The van der Waals surface area contributed by atoms with E-state index in [2.05, 4.69) is 10.5 Å². The van der Waals surface area contributed by atoms with Crippen LogP contribution in [0.2, 0.25) is 0 Å². The van der Waals surface area contributed by atoms with Gasteiger partial charge in [0.05, 0.1) is 12.8 Å². The zero-order chi connectivity index (χ0) is 18.8. The maximum Gasteiger partial charge on any atom is 0.271 e. The lowest BCUT2D eigenvalue weighted by molar-refractivity contribution is -0.124. The van der Waals surface area contributed by atoms with Gasteiger partial charge in [-0.25, -0.2) is 10.9 Å². The number of nitrogens with one attached hydrogen (secondary N) is 2. The Morgan fingerprint density at radius 1 is 1.24 bits per heavy atom. The van der Waals surface area contributed by atoms with Crippen LogP contribution in [0.15, 0.2) is 35.4 Å². The Bertz CT molecular complexity index is 648. The van der Waals surface area contributed by atoms with Gasteiger partial charge in [-0.15, -0.1) is 0 Å². The molecule has 1 rings (SSSR count). The SMILES string of the molecule is O=C(/C=C/c1cccc(C(=O)N/N=C/[C@H](O)[C@@H](O)[C@H](O)CO)c1)NO. The summed E-state index contributed by atoms with van der Waals surface area (Å²) < 4.78 is 0. The van der Waals surface area contributed by atoms with Gasteiger partial charge in [-0.2, -0.15) is 5.10 Å². The molecule has 1 aromatic carbocycles. The van der Waals surface area contributed by atoms with Crippen molar-refractivity contribution in [3.8, 4) is 0 Å². The van der Waals surface area contributed by atoms with Gasteiger partial charge in [-0.1, -0.05) is 12.1 Å². The maximum absolute atomic E-state index is 11.9. The third-order valence-corrected chi connectivity index (χ3v) is 3.01. The van der Waals surface area contributed by atoms with Crippen LogP contribution in [0, 0.1) is 0 Å². The van der Waals surface area contributed by atoms with Crippen LogP contribution in [-0.4, -0.2) is 68.6 Å². The van der Waals surface area contributed by atoms with E-state index in [9.17, 15) is 19.8 Å². The lowest BCUT2D eigenvalue weighted by atomic mass is 10.1. The molecule has 0 unspecified atom stereocenters. The predicted molar refractivity (Wildman–Crippen MR) is 86.5 cm³/mol. The normalized spacial score (nSPS) is 15.1. The van der Waals surface area contributed by atoms with Crippen LogP contribution in [0.3, 0.4) is 0 Å². The van der Waals surface area contributed by atoms with Crippen LogP contribution in [0.4, 0.5) is 0 Å². The van der Waals surface area contributed by atoms with Crippen LogP contribution < -0.4 is 10.9 Å². The molecule has 2 amide bonds. The molecule has 136 valence electrons. The second-order valence-corrected chi connectivity index (χ2v) is 4.89. The van der Waals surface area contributed by atoms with Crippen molar-refractivity contribution in [3.63, 3.8) is 0 Å². The fourth-order valence-electron chi connectivity index (χ4n) is 1.65. The van der Waals surface area contributed by atoms with Gasteiger partial charge in [0.25, 0.3) is 11.8 Å². The average molecular weight is 353 g/mol. The lowest BCUT2D eigenvalue weighted by Crippen LogP contribution is -2.40. The van der Waals surface area contributed by atoms with E-state index in [4.69, 9.17) is 15.4 Å². The van der Waals surface area contributed by atoms with E-state index in [1.165, 1.54) is 23.7 Å². The summed E-state index contributed by atoms with van der Waals surface area (Å²) in [6.07, 6.45) is -1.54. The average Bonchev–Trinajstić information content (AvgIpc) is 2.64. The summed E-state index contributed by atoms with van der Waals surface area (Å²) in [7, 11) is 0. The summed E-state index contributed by atoms with van der Waals surface area (Å²) in [4.78, 5) is 22.8. The molecular formula is C15H19N3O7. The molecule has 7 N–H and O–H groups in total. The van der Waals surface area contributed by atoms with E-state index >= 15 is 0 Å². The maximum atomic E-state index is 11.9. The highest BCUT2D eigenvalue weighted by atomic mass is 16.5. The highest BCUT2D eigenvalue weighted by Crippen LogP contribution is 2.07. The van der Waals surface area contributed by atoms with Crippen LogP contribution >= 0.6 is 0 Å². The van der Waals surface area contributed by atoms with Gasteiger partial charge in [0, 0.05) is 11.6 Å². The number of hydrogen-bond donors (Lipinski definition) is 7. The topological polar surface area (TPSA) is 172 Å². The third-order valence-electron chi connectivity index (χ3n) is 3.01. The number of carbonyl (C=O) groups excluding carboxylic acids is 2. The first-order valence-corrected chi connectivity index (χ1v) is 7.09. The fourth-order valence-corrected chi connectivity index (χ4v) is 1.65. The second kappa shape index (κ2) is 10.3. The van der Waals surface area contributed by atoms with E-state index < -0.39 is 36.7 Å². The van der Waals surface area contributed by atoms with Crippen molar-refractivity contribution in [2.75, 3.05) is 6.61 Å². The Labute approximate surface area is 142 Å². The number of rotatable bonds is 8. The highest BCUT2D eigenvalue weighted by Gasteiger charge is 2.22. The van der Waals surface area contributed by atoms with Crippen LogP contribution in [0.1, 0.15) is 15.9 Å². The summed E-state index contributed by atoms with van der Waals surface area (Å²) >= 11 is 0. The van der Waals surface area contributed by atoms with Gasteiger partial charge in [0.2, 0.25) is 0 Å². The Kier molecular flexibility index (Phi) is 8.39. The van der Waals surface area contributed by atoms with Gasteiger partial charge in [-0.05, 0) is 23.8 Å².